The third-order valence-corrected chi connectivity index (χ3v) is 3.50. The molecule has 1 aromatic carbocycles. The maximum Gasteiger partial charge on any atom is 0.156 e. The van der Waals surface area contributed by atoms with E-state index >= 15 is 0 Å². The summed E-state index contributed by atoms with van der Waals surface area (Å²) in [7, 11) is 0. The van der Waals surface area contributed by atoms with Crippen molar-refractivity contribution in [2.45, 2.75) is 12.2 Å². The maximum absolute atomic E-state index is 9.40. The normalized spacial score (nSPS) is 24.4. The fraction of sp³-hybridized carbons (Fsp3) is 0.500. The summed E-state index contributed by atoms with van der Waals surface area (Å²) in [5.41, 5.74) is 0. The van der Waals surface area contributed by atoms with Crippen molar-refractivity contribution in [3.05, 3.63) is 28.2 Å². The van der Waals surface area contributed by atoms with Crippen LogP contribution in [0.1, 0.15) is 0 Å². The number of aliphatic hydroxyl groups is 2. The molecule has 0 aromatic heterocycles. The lowest BCUT2D eigenvalue weighted by Crippen LogP contribution is -2.27. The molecule has 1 saturated heterocycles. The first-order valence-electron chi connectivity index (χ1n) is 5.73. The van der Waals surface area contributed by atoms with Crippen molar-refractivity contribution < 1.29 is 14.9 Å². The van der Waals surface area contributed by atoms with Gasteiger partial charge in [-0.05, 0) is 12.1 Å². The highest BCUT2D eigenvalue weighted by Gasteiger charge is 2.29. The molecule has 2 atom stereocenters. The Balaban J connectivity index is 1.82. The van der Waals surface area contributed by atoms with Gasteiger partial charge >= 0.3 is 0 Å². The van der Waals surface area contributed by atoms with Gasteiger partial charge in [-0.25, -0.2) is 0 Å². The number of rotatable bonds is 4. The Morgan fingerprint density at radius 3 is 2.28 bits per heavy atom. The quantitative estimate of drug-likeness (QED) is 0.881. The van der Waals surface area contributed by atoms with Crippen LogP contribution in [-0.4, -0.2) is 53.6 Å². The molecule has 0 aliphatic carbocycles. The van der Waals surface area contributed by atoms with Crippen molar-refractivity contribution >= 4 is 23.2 Å². The molecule has 1 heterocycles. The van der Waals surface area contributed by atoms with Gasteiger partial charge in [0, 0.05) is 19.6 Å². The van der Waals surface area contributed by atoms with Gasteiger partial charge in [0.2, 0.25) is 0 Å². The van der Waals surface area contributed by atoms with Gasteiger partial charge in [0.25, 0.3) is 0 Å². The van der Waals surface area contributed by atoms with Crippen molar-refractivity contribution in [2.75, 3.05) is 26.2 Å². The van der Waals surface area contributed by atoms with E-state index in [0.717, 1.165) is 0 Å². The van der Waals surface area contributed by atoms with Crippen molar-refractivity contribution in [3.63, 3.8) is 0 Å². The van der Waals surface area contributed by atoms with E-state index in [9.17, 15) is 10.2 Å². The summed E-state index contributed by atoms with van der Waals surface area (Å²) in [5.74, 6) is 0.473. The summed E-state index contributed by atoms with van der Waals surface area (Å²) >= 11 is 11.9. The van der Waals surface area contributed by atoms with Crippen molar-refractivity contribution in [1.29, 1.82) is 0 Å². The Hall–Kier alpha value is -0.520. The first kappa shape index (κ1) is 13.9. The number of ether oxygens (including phenoxy) is 1. The number of β-amino-alcohol motifs (C(OH)–C–C–N with tert-alkyl or cyclic N) is 2. The number of nitrogens with zero attached hydrogens (tertiary/aromatic N) is 1. The highest BCUT2D eigenvalue weighted by Crippen LogP contribution is 2.32. The molecule has 4 nitrogen and oxygen atoms in total. The number of likely N-dealkylation sites (tertiary alicyclic amines) is 1. The van der Waals surface area contributed by atoms with Crippen LogP contribution in [0.5, 0.6) is 5.75 Å². The summed E-state index contributed by atoms with van der Waals surface area (Å²) in [6.07, 6.45) is -1.34. The van der Waals surface area contributed by atoms with Crippen LogP contribution >= 0.6 is 23.2 Å². The average molecular weight is 292 g/mol. The number of halogens is 2. The fourth-order valence-corrected chi connectivity index (χ4v) is 2.43. The van der Waals surface area contributed by atoms with Crippen molar-refractivity contribution in [2.24, 2.45) is 0 Å². The van der Waals surface area contributed by atoms with Gasteiger partial charge < -0.3 is 14.9 Å². The molecule has 1 aliphatic heterocycles. The number of aliphatic hydroxyl groups excluding tert-OH is 2. The molecule has 2 rings (SSSR count). The third kappa shape index (κ3) is 3.28. The predicted octanol–water partition coefficient (Wildman–Crippen LogP) is 1.41. The van der Waals surface area contributed by atoms with Crippen molar-refractivity contribution in [3.8, 4) is 5.75 Å². The zero-order valence-electron chi connectivity index (χ0n) is 9.72. The molecule has 0 spiro atoms. The van der Waals surface area contributed by atoms with E-state index < -0.39 is 12.2 Å². The van der Waals surface area contributed by atoms with E-state index in [1.54, 1.807) is 18.2 Å². The SMILES string of the molecule is O[C@@H]1CN(CCOc2c(Cl)cccc2Cl)C[C@@H]1O. The van der Waals surface area contributed by atoms with Crippen LogP contribution < -0.4 is 4.74 Å². The second kappa shape index (κ2) is 6.08. The first-order valence-corrected chi connectivity index (χ1v) is 6.49. The summed E-state index contributed by atoms with van der Waals surface area (Å²) in [6, 6.07) is 5.18. The summed E-state index contributed by atoms with van der Waals surface area (Å²) in [5, 5.41) is 19.7. The Morgan fingerprint density at radius 1 is 1.17 bits per heavy atom. The predicted molar refractivity (Wildman–Crippen MR) is 70.4 cm³/mol. The molecule has 100 valence electrons. The number of para-hydroxylation sites is 1. The zero-order chi connectivity index (χ0) is 13.1. The maximum atomic E-state index is 9.40. The standard InChI is InChI=1S/C12H15Cl2NO3/c13-8-2-1-3-9(14)12(8)18-5-4-15-6-10(16)11(17)7-15/h1-3,10-11,16-17H,4-7H2/t10-,11+. The first-order chi connectivity index (χ1) is 8.58. The van der Waals surface area contributed by atoms with Gasteiger partial charge in [0.05, 0.1) is 22.3 Å². The smallest absolute Gasteiger partial charge is 0.156 e. The molecular formula is C12H15Cl2NO3. The molecule has 0 bridgehead atoms. The van der Waals surface area contributed by atoms with E-state index in [2.05, 4.69) is 0 Å². The summed E-state index contributed by atoms with van der Waals surface area (Å²) < 4.78 is 5.53. The monoisotopic (exact) mass is 291 g/mol. The van der Waals surface area contributed by atoms with E-state index in [1.165, 1.54) is 0 Å². The minimum absolute atomic E-state index is 0.406. The van der Waals surface area contributed by atoms with Gasteiger partial charge in [0.15, 0.2) is 5.75 Å². The molecule has 0 amide bonds. The zero-order valence-corrected chi connectivity index (χ0v) is 11.2. The number of hydrogen-bond acceptors (Lipinski definition) is 4. The minimum Gasteiger partial charge on any atom is -0.489 e. The second-order valence-electron chi connectivity index (χ2n) is 4.29. The van der Waals surface area contributed by atoms with Crippen LogP contribution in [-0.2, 0) is 0 Å². The lowest BCUT2D eigenvalue weighted by molar-refractivity contribution is 0.0572. The Labute approximate surface area is 116 Å². The lowest BCUT2D eigenvalue weighted by Gasteiger charge is -2.16. The van der Waals surface area contributed by atoms with Crippen LogP contribution in [0, 0.1) is 0 Å². The second-order valence-corrected chi connectivity index (χ2v) is 5.11. The highest BCUT2D eigenvalue weighted by molar-refractivity contribution is 6.37. The van der Waals surface area contributed by atoms with Gasteiger partial charge in [-0.15, -0.1) is 0 Å². The van der Waals surface area contributed by atoms with Crippen LogP contribution in [0.2, 0.25) is 10.0 Å². The van der Waals surface area contributed by atoms with E-state index in [4.69, 9.17) is 27.9 Å². The molecule has 1 aromatic rings. The van der Waals surface area contributed by atoms with Crippen molar-refractivity contribution in [1.82, 2.24) is 4.90 Å². The molecule has 18 heavy (non-hydrogen) atoms. The molecule has 1 fully saturated rings. The molecular weight excluding hydrogens is 277 g/mol. The average Bonchev–Trinajstić information content (AvgIpc) is 2.62. The molecule has 0 unspecified atom stereocenters. The van der Waals surface area contributed by atoms with Crippen LogP contribution in [0.4, 0.5) is 0 Å². The molecule has 2 N–H and O–H groups in total. The third-order valence-electron chi connectivity index (χ3n) is 2.91. The van der Waals surface area contributed by atoms with E-state index in [1.807, 2.05) is 4.90 Å². The van der Waals surface area contributed by atoms with Gasteiger partial charge in [0.1, 0.15) is 6.61 Å². The molecule has 0 saturated carbocycles. The fourth-order valence-electron chi connectivity index (χ4n) is 1.93. The number of hydrogen-bond donors (Lipinski definition) is 2. The largest absolute Gasteiger partial charge is 0.489 e. The summed E-state index contributed by atoms with van der Waals surface area (Å²) in [4.78, 5) is 1.93. The Bertz CT molecular complexity index is 386. The highest BCUT2D eigenvalue weighted by atomic mass is 35.5. The van der Waals surface area contributed by atoms with E-state index in [0.29, 0.717) is 42.0 Å². The lowest BCUT2D eigenvalue weighted by atomic mass is 10.3. The van der Waals surface area contributed by atoms with Crippen LogP contribution in [0.25, 0.3) is 0 Å². The van der Waals surface area contributed by atoms with Crippen LogP contribution in [0.15, 0.2) is 18.2 Å². The Morgan fingerprint density at radius 2 is 1.72 bits per heavy atom. The molecule has 0 radical (unpaired) electrons. The van der Waals surface area contributed by atoms with Gasteiger partial charge in [-0.3, -0.25) is 4.90 Å². The van der Waals surface area contributed by atoms with Gasteiger partial charge in [-0.1, -0.05) is 29.3 Å². The number of benzene rings is 1. The molecule has 1 aliphatic rings. The topological polar surface area (TPSA) is 52.9 Å². The molecule has 6 heteroatoms. The minimum atomic E-state index is -0.672. The van der Waals surface area contributed by atoms with Gasteiger partial charge in [-0.2, -0.15) is 0 Å². The Kier molecular flexibility index (Phi) is 4.70. The van der Waals surface area contributed by atoms with Crippen LogP contribution in [0.3, 0.4) is 0 Å². The summed E-state index contributed by atoms with van der Waals surface area (Å²) in [6.45, 7) is 1.93. The van der Waals surface area contributed by atoms with E-state index in [-0.39, 0.29) is 0 Å².